The van der Waals surface area contributed by atoms with Crippen molar-refractivity contribution in [3.8, 4) is 0 Å². The summed E-state index contributed by atoms with van der Waals surface area (Å²) in [5.41, 5.74) is 0.393. The molecular formula is C13H17N3O3. The van der Waals surface area contributed by atoms with Crippen molar-refractivity contribution >= 4 is 17.7 Å². The third kappa shape index (κ3) is 3.69. The molecule has 1 saturated heterocycles. The van der Waals surface area contributed by atoms with Gasteiger partial charge in [0.2, 0.25) is 0 Å². The Labute approximate surface area is 111 Å². The molecule has 1 aromatic carbocycles. The van der Waals surface area contributed by atoms with Crippen molar-refractivity contribution in [3.05, 3.63) is 29.8 Å². The zero-order chi connectivity index (χ0) is 13.7. The number of piperidine rings is 1. The van der Waals surface area contributed by atoms with Crippen LogP contribution in [-0.4, -0.2) is 36.2 Å². The molecule has 0 aliphatic carbocycles. The minimum atomic E-state index is -1.06. The number of aromatic carboxylic acids is 1. The van der Waals surface area contributed by atoms with Crippen LogP contribution in [0, 0.1) is 0 Å². The minimum absolute atomic E-state index is 0.0861. The van der Waals surface area contributed by atoms with Gasteiger partial charge in [0.05, 0.1) is 11.3 Å². The van der Waals surface area contributed by atoms with Gasteiger partial charge in [-0.1, -0.05) is 12.1 Å². The number of carbonyl (C=O) groups excluding carboxylic acids is 1. The maximum atomic E-state index is 11.8. The monoisotopic (exact) mass is 263 g/mol. The van der Waals surface area contributed by atoms with E-state index in [9.17, 15) is 9.59 Å². The molecule has 6 heteroatoms. The Morgan fingerprint density at radius 2 is 1.89 bits per heavy atom. The highest BCUT2D eigenvalue weighted by molar-refractivity contribution is 5.99. The standard InChI is InChI=1S/C13H17N3O3/c17-12(18)10-3-1-2-4-11(10)16-13(19)15-9-5-7-14-8-6-9/h1-4,9,14H,5-8H2,(H,17,18)(H2,15,16,19). The fourth-order valence-corrected chi connectivity index (χ4v) is 2.09. The number of carboxylic acid groups (broad SMARTS) is 1. The molecule has 1 aliphatic rings. The topological polar surface area (TPSA) is 90.5 Å². The van der Waals surface area contributed by atoms with Gasteiger partial charge in [-0.3, -0.25) is 0 Å². The van der Waals surface area contributed by atoms with E-state index in [2.05, 4.69) is 16.0 Å². The van der Waals surface area contributed by atoms with Crippen molar-refractivity contribution in [1.29, 1.82) is 0 Å². The number of anilines is 1. The van der Waals surface area contributed by atoms with Crippen LogP contribution in [0.3, 0.4) is 0 Å². The summed E-state index contributed by atoms with van der Waals surface area (Å²) in [4.78, 5) is 22.8. The molecule has 0 unspecified atom stereocenters. The highest BCUT2D eigenvalue weighted by Crippen LogP contribution is 2.14. The number of carbonyl (C=O) groups is 2. The van der Waals surface area contributed by atoms with Crippen LogP contribution in [0.4, 0.5) is 10.5 Å². The Bertz CT molecular complexity index is 470. The smallest absolute Gasteiger partial charge is 0.337 e. The number of para-hydroxylation sites is 1. The van der Waals surface area contributed by atoms with Gasteiger partial charge < -0.3 is 21.1 Å². The van der Waals surface area contributed by atoms with E-state index in [1.807, 2.05) is 0 Å². The molecule has 1 aromatic rings. The van der Waals surface area contributed by atoms with Crippen molar-refractivity contribution in [3.63, 3.8) is 0 Å². The van der Waals surface area contributed by atoms with E-state index in [0.717, 1.165) is 25.9 Å². The van der Waals surface area contributed by atoms with Crippen molar-refractivity contribution in [2.24, 2.45) is 0 Å². The van der Waals surface area contributed by atoms with Crippen molar-refractivity contribution < 1.29 is 14.7 Å². The molecule has 0 atom stereocenters. The SMILES string of the molecule is O=C(Nc1ccccc1C(=O)O)NC1CCNCC1. The summed E-state index contributed by atoms with van der Waals surface area (Å²) in [7, 11) is 0. The van der Waals surface area contributed by atoms with E-state index in [4.69, 9.17) is 5.11 Å². The molecule has 0 radical (unpaired) electrons. The van der Waals surface area contributed by atoms with Crippen molar-refractivity contribution in [2.75, 3.05) is 18.4 Å². The second-order valence-electron chi connectivity index (χ2n) is 4.47. The Balaban J connectivity index is 1.96. The molecule has 19 heavy (non-hydrogen) atoms. The third-order valence-corrected chi connectivity index (χ3v) is 3.08. The zero-order valence-corrected chi connectivity index (χ0v) is 10.5. The van der Waals surface area contributed by atoms with Gasteiger partial charge in [-0.25, -0.2) is 9.59 Å². The molecule has 4 N–H and O–H groups in total. The van der Waals surface area contributed by atoms with E-state index in [1.54, 1.807) is 18.2 Å². The maximum absolute atomic E-state index is 11.8. The fourth-order valence-electron chi connectivity index (χ4n) is 2.09. The number of hydrogen-bond acceptors (Lipinski definition) is 3. The van der Waals surface area contributed by atoms with Crippen LogP contribution in [0.25, 0.3) is 0 Å². The van der Waals surface area contributed by atoms with Crippen molar-refractivity contribution in [1.82, 2.24) is 10.6 Å². The van der Waals surface area contributed by atoms with E-state index < -0.39 is 5.97 Å². The van der Waals surface area contributed by atoms with Gasteiger partial charge in [0, 0.05) is 6.04 Å². The predicted molar refractivity (Wildman–Crippen MR) is 71.4 cm³/mol. The quantitative estimate of drug-likeness (QED) is 0.661. The number of benzene rings is 1. The predicted octanol–water partition coefficient (Wildman–Crippen LogP) is 1.26. The van der Waals surface area contributed by atoms with Gasteiger partial charge in [-0.2, -0.15) is 0 Å². The van der Waals surface area contributed by atoms with E-state index in [-0.39, 0.29) is 17.6 Å². The first-order valence-corrected chi connectivity index (χ1v) is 6.27. The average molecular weight is 263 g/mol. The largest absolute Gasteiger partial charge is 0.478 e. The Hall–Kier alpha value is -2.08. The second-order valence-corrected chi connectivity index (χ2v) is 4.47. The number of nitrogens with one attached hydrogen (secondary N) is 3. The molecule has 102 valence electrons. The Morgan fingerprint density at radius 1 is 1.21 bits per heavy atom. The first-order chi connectivity index (χ1) is 9.16. The van der Waals surface area contributed by atoms with E-state index >= 15 is 0 Å². The van der Waals surface area contributed by atoms with Crippen LogP contribution in [0.2, 0.25) is 0 Å². The average Bonchev–Trinajstić information content (AvgIpc) is 2.40. The minimum Gasteiger partial charge on any atom is -0.478 e. The number of urea groups is 1. The molecule has 1 aliphatic heterocycles. The van der Waals surface area contributed by atoms with Crippen LogP contribution in [0.5, 0.6) is 0 Å². The molecule has 6 nitrogen and oxygen atoms in total. The van der Waals surface area contributed by atoms with Gasteiger partial charge in [-0.15, -0.1) is 0 Å². The molecule has 1 fully saturated rings. The number of rotatable bonds is 3. The third-order valence-electron chi connectivity index (χ3n) is 3.08. The van der Waals surface area contributed by atoms with Gasteiger partial charge in [0.1, 0.15) is 0 Å². The summed E-state index contributed by atoms with van der Waals surface area (Å²) in [5.74, 6) is -1.06. The molecular weight excluding hydrogens is 246 g/mol. The van der Waals surface area contributed by atoms with Crippen LogP contribution in [-0.2, 0) is 0 Å². The summed E-state index contributed by atoms with van der Waals surface area (Å²) in [6, 6.07) is 6.12. The molecule has 2 amide bonds. The lowest BCUT2D eigenvalue weighted by Crippen LogP contribution is -2.44. The van der Waals surface area contributed by atoms with Gasteiger partial charge >= 0.3 is 12.0 Å². The second kappa shape index (κ2) is 6.19. The first kappa shape index (κ1) is 13.4. The highest BCUT2D eigenvalue weighted by Gasteiger charge is 2.16. The van der Waals surface area contributed by atoms with Gasteiger partial charge in [0.25, 0.3) is 0 Å². The zero-order valence-electron chi connectivity index (χ0n) is 10.5. The van der Waals surface area contributed by atoms with Gasteiger partial charge in [0.15, 0.2) is 0 Å². The van der Waals surface area contributed by atoms with Crippen molar-refractivity contribution in [2.45, 2.75) is 18.9 Å². The summed E-state index contributed by atoms with van der Waals surface area (Å²) < 4.78 is 0. The molecule has 0 bridgehead atoms. The highest BCUT2D eigenvalue weighted by atomic mass is 16.4. The molecule has 1 heterocycles. The lowest BCUT2D eigenvalue weighted by molar-refractivity contribution is 0.0698. The fraction of sp³-hybridized carbons (Fsp3) is 0.385. The van der Waals surface area contributed by atoms with Crippen LogP contribution in [0.15, 0.2) is 24.3 Å². The normalized spacial score (nSPS) is 15.8. The summed E-state index contributed by atoms with van der Waals surface area (Å²) in [5, 5.41) is 17.7. The lowest BCUT2D eigenvalue weighted by Gasteiger charge is -2.23. The van der Waals surface area contributed by atoms with Crippen LogP contribution < -0.4 is 16.0 Å². The molecule has 0 saturated carbocycles. The molecule has 0 spiro atoms. The summed E-state index contributed by atoms with van der Waals surface area (Å²) in [6.07, 6.45) is 1.77. The van der Waals surface area contributed by atoms with E-state index in [0.29, 0.717) is 5.69 Å². The van der Waals surface area contributed by atoms with E-state index in [1.165, 1.54) is 6.07 Å². The first-order valence-electron chi connectivity index (χ1n) is 6.27. The summed E-state index contributed by atoms with van der Waals surface area (Å²) >= 11 is 0. The Kier molecular flexibility index (Phi) is 4.35. The summed E-state index contributed by atoms with van der Waals surface area (Å²) in [6.45, 7) is 1.77. The van der Waals surface area contributed by atoms with Crippen LogP contribution >= 0.6 is 0 Å². The molecule has 2 rings (SSSR count). The maximum Gasteiger partial charge on any atom is 0.337 e. The van der Waals surface area contributed by atoms with Gasteiger partial charge in [-0.05, 0) is 38.1 Å². The Morgan fingerprint density at radius 3 is 2.58 bits per heavy atom. The number of hydrogen-bond donors (Lipinski definition) is 4. The lowest BCUT2D eigenvalue weighted by atomic mass is 10.1. The number of carboxylic acids is 1. The molecule has 0 aromatic heterocycles. The van der Waals surface area contributed by atoms with Crippen LogP contribution in [0.1, 0.15) is 23.2 Å². The number of amides is 2.